The van der Waals surface area contributed by atoms with Gasteiger partial charge in [0.1, 0.15) is 29.1 Å². The number of nitrogens with zero attached hydrogens (tertiary/aromatic N) is 5. The molecule has 37 heavy (non-hydrogen) atoms. The van der Waals surface area contributed by atoms with Crippen LogP contribution in [0.15, 0.2) is 25.3 Å². The van der Waals surface area contributed by atoms with E-state index in [1.165, 1.54) is 23.7 Å². The van der Waals surface area contributed by atoms with Crippen LogP contribution in [0.4, 0.5) is 5.13 Å². The number of rotatable bonds is 9. The molecule has 2 amide bonds. The first-order chi connectivity index (χ1) is 17.6. The van der Waals surface area contributed by atoms with Crippen molar-refractivity contribution >= 4 is 63.5 Å². The Morgan fingerprint density at radius 1 is 1.43 bits per heavy atom. The van der Waals surface area contributed by atoms with Crippen molar-refractivity contribution in [2.24, 2.45) is 17.6 Å². The third-order valence-corrected chi connectivity index (χ3v) is 9.25. The van der Waals surface area contributed by atoms with Gasteiger partial charge in [-0.25, -0.2) is 10.1 Å². The number of nitrogen functional groups attached to an aromatic ring is 1. The molecule has 2 aromatic rings. The van der Waals surface area contributed by atoms with Crippen molar-refractivity contribution in [2.75, 3.05) is 30.4 Å². The van der Waals surface area contributed by atoms with Crippen LogP contribution < -0.4 is 22.2 Å². The first kappa shape index (κ1) is 26.7. The summed E-state index contributed by atoms with van der Waals surface area (Å²) in [4.78, 5) is 71.9. The summed E-state index contributed by atoms with van der Waals surface area (Å²) in [6.07, 6.45) is 0. The number of amides is 2. The van der Waals surface area contributed by atoms with Crippen LogP contribution in [0.25, 0.3) is 0 Å². The fraction of sp³-hybridized carbons (Fsp3) is 0.474. The van der Waals surface area contributed by atoms with Gasteiger partial charge in [0.2, 0.25) is 5.91 Å². The summed E-state index contributed by atoms with van der Waals surface area (Å²) in [5, 5.41) is 23.8. The number of carboxylic acids is 1. The molecule has 2 unspecified atom stereocenters. The molecule has 198 valence electrons. The van der Waals surface area contributed by atoms with E-state index in [0.717, 1.165) is 27.7 Å². The van der Waals surface area contributed by atoms with Gasteiger partial charge in [-0.05, 0) is 6.92 Å². The van der Waals surface area contributed by atoms with E-state index in [0.29, 0.717) is 0 Å². The second kappa shape index (κ2) is 10.5. The molecule has 2 fully saturated rings. The molecule has 4 rings (SSSR count). The van der Waals surface area contributed by atoms with Crippen LogP contribution in [-0.4, -0.2) is 89.3 Å². The molecule has 2 aromatic heterocycles. The average molecular weight is 571 g/mol. The number of carboxylic acid groups (broad SMARTS) is 1. The van der Waals surface area contributed by atoms with Crippen LogP contribution in [0.3, 0.4) is 0 Å². The highest BCUT2D eigenvalue weighted by Crippen LogP contribution is 2.44. The number of hydrogen-bond acceptors (Lipinski definition) is 13. The van der Waals surface area contributed by atoms with E-state index in [1.54, 1.807) is 12.3 Å². The molecule has 5 N–H and O–H groups in total. The summed E-state index contributed by atoms with van der Waals surface area (Å²) in [5.74, 6) is -2.10. The molecule has 2 saturated heterocycles. The molecule has 0 spiro atoms. The minimum atomic E-state index is -1.34. The van der Waals surface area contributed by atoms with Gasteiger partial charge < -0.3 is 25.9 Å². The van der Waals surface area contributed by atoms with Crippen molar-refractivity contribution < 1.29 is 24.3 Å². The molecular formula is C19H22N8O7S3. The minimum Gasteiger partial charge on any atom is -0.481 e. The molecule has 3 atom stereocenters. The van der Waals surface area contributed by atoms with Gasteiger partial charge in [0.25, 0.3) is 5.91 Å². The Kier molecular flexibility index (Phi) is 7.60. The topological polar surface area (TPSA) is 215 Å². The zero-order valence-electron chi connectivity index (χ0n) is 19.5. The number of β-lactam (4-membered cyclic amide) rings is 1. The monoisotopic (exact) mass is 570 g/mol. The maximum atomic E-state index is 12.9. The number of aromatic nitrogens is 4. The first-order valence-electron chi connectivity index (χ1n) is 10.7. The normalized spacial score (nSPS) is 23.2. The van der Waals surface area contributed by atoms with Crippen molar-refractivity contribution in [1.29, 1.82) is 0 Å². The number of hydrogen-bond donors (Lipinski definition) is 4. The van der Waals surface area contributed by atoms with Gasteiger partial charge in [0, 0.05) is 30.5 Å². The van der Waals surface area contributed by atoms with Crippen molar-refractivity contribution in [2.45, 2.75) is 23.5 Å². The third-order valence-electron chi connectivity index (χ3n) is 5.67. The highest BCUT2D eigenvalue weighted by atomic mass is 32.2. The molecule has 0 aromatic carbocycles. The van der Waals surface area contributed by atoms with Gasteiger partial charge in [0.05, 0.1) is 0 Å². The summed E-state index contributed by atoms with van der Waals surface area (Å²) in [6, 6.07) is -0.888. The zero-order valence-corrected chi connectivity index (χ0v) is 21.9. The van der Waals surface area contributed by atoms with Crippen LogP contribution in [-0.2, 0) is 26.3 Å². The number of anilines is 1. The van der Waals surface area contributed by atoms with E-state index < -0.39 is 45.7 Å². The molecule has 18 heteroatoms. The number of nitrogens with one attached hydrogen (secondary N) is 2. The van der Waals surface area contributed by atoms with E-state index >= 15 is 0 Å². The second-order valence-electron chi connectivity index (χ2n) is 8.12. The fourth-order valence-corrected chi connectivity index (χ4v) is 6.97. The van der Waals surface area contributed by atoms with E-state index in [1.807, 2.05) is 0 Å². The van der Waals surface area contributed by atoms with Gasteiger partial charge >= 0.3 is 17.1 Å². The number of H-pyrrole nitrogens is 1. The van der Waals surface area contributed by atoms with E-state index in [2.05, 4.69) is 25.7 Å². The lowest BCUT2D eigenvalue weighted by Gasteiger charge is -2.53. The molecular weight excluding hydrogens is 548 g/mol. The number of aliphatic carboxylic acids is 1. The lowest BCUT2D eigenvalue weighted by Crippen LogP contribution is -2.74. The van der Waals surface area contributed by atoms with Gasteiger partial charge in [-0.2, -0.15) is 0 Å². The Morgan fingerprint density at radius 2 is 2.19 bits per heavy atom. The summed E-state index contributed by atoms with van der Waals surface area (Å²) < 4.78 is 1.04. The molecule has 4 heterocycles. The predicted octanol–water partition coefficient (Wildman–Crippen LogP) is -1.49. The van der Waals surface area contributed by atoms with Crippen molar-refractivity contribution in [3.8, 4) is 0 Å². The second-order valence-corrected chi connectivity index (χ2v) is 11.1. The molecule has 2 aliphatic heterocycles. The lowest BCUT2D eigenvalue weighted by molar-refractivity contribution is -0.157. The first-order valence-corrected chi connectivity index (χ1v) is 13.7. The summed E-state index contributed by atoms with van der Waals surface area (Å²) in [6.45, 7) is 1.81. The highest BCUT2D eigenvalue weighted by molar-refractivity contribution is 8.00. The summed E-state index contributed by atoms with van der Waals surface area (Å²) in [7, 11) is 1.36. The standard InChI is InChI=1S/C19H22N8O7S3/c1-3-34-25-9(8-4-35-17(20)21-8)11(28)22-10-13(30)27-5-19(16(32)33,6-36-15(10)27)7-37-18-24-23-12(29)14(31)26(18)2/h4,10,15H,3,5-7H2,1-2H3,(H2,20,21)(H,22,28)(H,23,29)(H,32,33)/t10?,15-,19?/m1/s1. The van der Waals surface area contributed by atoms with Crippen molar-refractivity contribution in [3.63, 3.8) is 0 Å². The predicted molar refractivity (Wildman–Crippen MR) is 135 cm³/mol. The van der Waals surface area contributed by atoms with Crippen LogP contribution in [0.2, 0.25) is 0 Å². The Hall–Kier alpha value is -3.38. The molecule has 0 saturated carbocycles. The number of carbonyl (C=O) groups is 3. The van der Waals surface area contributed by atoms with Crippen molar-refractivity contribution in [1.82, 2.24) is 30.0 Å². The van der Waals surface area contributed by atoms with Crippen LogP contribution in [0.5, 0.6) is 0 Å². The third kappa shape index (κ3) is 5.08. The Bertz CT molecular complexity index is 1390. The van der Waals surface area contributed by atoms with E-state index in [4.69, 9.17) is 10.6 Å². The number of thioether (sulfide) groups is 2. The molecule has 15 nitrogen and oxygen atoms in total. The van der Waals surface area contributed by atoms with Crippen LogP contribution in [0.1, 0.15) is 12.6 Å². The van der Waals surface area contributed by atoms with E-state index in [9.17, 15) is 29.1 Å². The number of thiazole rings is 1. The lowest BCUT2D eigenvalue weighted by atomic mass is 9.89. The molecule has 0 bridgehead atoms. The average Bonchev–Trinajstić information content (AvgIpc) is 3.31. The Labute approximate surface area is 220 Å². The smallest absolute Gasteiger partial charge is 0.330 e. The van der Waals surface area contributed by atoms with Gasteiger partial charge in [-0.3, -0.25) is 28.5 Å². The van der Waals surface area contributed by atoms with Crippen LogP contribution >= 0.6 is 34.9 Å². The Morgan fingerprint density at radius 3 is 2.84 bits per heavy atom. The quantitative estimate of drug-likeness (QED) is 0.0892. The number of aromatic amines is 1. The highest BCUT2D eigenvalue weighted by Gasteiger charge is 2.57. The van der Waals surface area contributed by atoms with Crippen LogP contribution in [0, 0.1) is 5.41 Å². The number of fused-ring (bicyclic) bond motifs is 1. The largest absolute Gasteiger partial charge is 0.481 e. The molecule has 0 aliphatic carbocycles. The van der Waals surface area contributed by atoms with Gasteiger partial charge in [-0.15, -0.1) is 28.2 Å². The SMILES string of the molecule is CCON=C(C(=O)NC1C(=O)N2CC(CSc3n[nH]c(=O)c(=O)n3C)(C(=O)O)CS[C@H]12)c1csc(N)n1. The zero-order chi connectivity index (χ0) is 26.9. The van der Waals surface area contributed by atoms with Crippen molar-refractivity contribution in [3.05, 3.63) is 31.8 Å². The molecule has 0 radical (unpaired) electrons. The van der Waals surface area contributed by atoms with Gasteiger partial charge in [0.15, 0.2) is 16.0 Å². The number of oxime groups is 1. The maximum Gasteiger partial charge on any atom is 0.330 e. The number of carbonyl (C=O) groups excluding carboxylic acids is 2. The fourth-order valence-electron chi connectivity index (χ4n) is 3.64. The maximum absolute atomic E-state index is 12.9. The number of nitrogens with two attached hydrogens (primary N) is 1. The van der Waals surface area contributed by atoms with E-state index in [-0.39, 0.29) is 46.4 Å². The molecule has 2 aliphatic rings. The Balaban J connectivity index is 1.45. The summed E-state index contributed by atoms with van der Waals surface area (Å²) in [5.41, 5.74) is 2.69. The minimum absolute atomic E-state index is 0.00834. The summed E-state index contributed by atoms with van der Waals surface area (Å²) >= 11 is 3.33. The van der Waals surface area contributed by atoms with Gasteiger partial charge in [-0.1, -0.05) is 16.9 Å².